The smallest absolute Gasteiger partial charge is 0.165 e. The van der Waals surface area contributed by atoms with Crippen LogP contribution in [0.15, 0.2) is 48.8 Å². The minimum Gasteiger partial charge on any atom is -0.364 e. The number of H-pyrrole nitrogens is 1. The number of nitrogens with one attached hydrogen (secondary N) is 2. The lowest BCUT2D eigenvalue weighted by molar-refractivity contribution is 0.443. The Hall–Kier alpha value is -3.48. The van der Waals surface area contributed by atoms with Crippen LogP contribution in [-0.2, 0) is 12.8 Å². The molecule has 0 radical (unpaired) electrons. The van der Waals surface area contributed by atoms with Crippen LogP contribution in [0.5, 0.6) is 0 Å². The third-order valence-corrected chi connectivity index (χ3v) is 6.93. The Morgan fingerprint density at radius 1 is 1.09 bits per heavy atom. The molecule has 1 aliphatic carbocycles. The number of benzene rings is 1. The number of aromatic amines is 1. The van der Waals surface area contributed by atoms with E-state index in [2.05, 4.69) is 51.4 Å². The summed E-state index contributed by atoms with van der Waals surface area (Å²) in [6, 6.07) is 12.0. The van der Waals surface area contributed by atoms with Crippen molar-refractivity contribution >= 4 is 22.5 Å². The average Bonchev–Trinajstić information content (AvgIpc) is 3.47. The second kappa shape index (κ2) is 7.83. The number of rotatable bonds is 4. The SMILES string of the molecule is C[C@]1(Nc2cc(N3CCCC3)nc(-c3cncc(F)c3)n2)CCc2[nH]c3ccccc3c2C1. The first-order chi connectivity index (χ1) is 16.1. The summed E-state index contributed by atoms with van der Waals surface area (Å²) in [7, 11) is 0. The molecule has 1 aliphatic heterocycles. The lowest BCUT2D eigenvalue weighted by Crippen LogP contribution is -2.41. The fourth-order valence-electron chi connectivity index (χ4n) is 5.24. The predicted molar refractivity (Wildman–Crippen MR) is 129 cm³/mol. The van der Waals surface area contributed by atoms with Crippen molar-refractivity contribution in [1.82, 2.24) is 19.9 Å². The van der Waals surface area contributed by atoms with Gasteiger partial charge in [0.05, 0.1) is 6.20 Å². The highest BCUT2D eigenvalue weighted by Crippen LogP contribution is 2.36. The molecule has 7 heteroatoms. The summed E-state index contributed by atoms with van der Waals surface area (Å²) in [5, 5.41) is 5.03. The molecule has 2 aliphatic rings. The van der Waals surface area contributed by atoms with E-state index in [0.29, 0.717) is 11.4 Å². The Labute approximate surface area is 192 Å². The highest BCUT2D eigenvalue weighted by molar-refractivity contribution is 5.85. The van der Waals surface area contributed by atoms with Crippen LogP contribution in [-0.4, -0.2) is 38.6 Å². The first-order valence-corrected chi connectivity index (χ1v) is 11.7. The molecule has 1 atom stereocenters. The number of anilines is 2. The van der Waals surface area contributed by atoms with Crippen LogP contribution in [0.2, 0.25) is 0 Å². The summed E-state index contributed by atoms with van der Waals surface area (Å²) < 4.78 is 13.9. The van der Waals surface area contributed by atoms with Crippen molar-refractivity contribution in [2.45, 2.75) is 44.6 Å². The lowest BCUT2D eigenvalue weighted by atomic mass is 9.81. The van der Waals surface area contributed by atoms with Gasteiger partial charge >= 0.3 is 0 Å². The molecular formula is C26H27FN6. The van der Waals surface area contributed by atoms with Gasteiger partial charge in [0.2, 0.25) is 0 Å². The summed E-state index contributed by atoms with van der Waals surface area (Å²) in [6.45, 7) is 4.22. The molecule has 1 saturated heterocycles. The molecule has 6 nitrogen and oxygen atoms in total. The quantitative estimate of drug-likeness (QED) is 0.459. The zero-order valence-corrected chi connectivity index (χ0v) is 18.7. The maximum absolute atomic E-state index is 13.9. The van der Waals surface area contributed by atoms with Crippen molar-refractivity contribution in [3.05, 3.63) is 65.9 Å². The number of aromatic nitrogens is 4. The third-order valence-electron chi connectivity index (χ3n) is 6.93. The van der Waals surface area contributed by atoms with Gasteiger partial charge in [-0.3, -0.25) is 4.98 Å². The molecule has 6 rings (SSSR count). The molecule has 0 amide bonds. The van der Waals surface area contributed by atoms with E-state index in [1.54, 1.807) is 6.20 Å². The fraction of sp³-hybridized carbons (Fsp3) is 0.346. The fourth-order valence-corrected chi connectivity index (χ4v) is 5.24. The van der Waals surface area contributed by atoms with Gasteiger partial charge in [-0.25, -0.2) is 14.4 Å². The monoisotopic (exact) mass is 442 g/mol. The highest BCUT2D eigenvalue weighted by atomic mass is 19.1. The van der Waals surface area contributed by atoms with Gasteiger partial charge in [0.1, 0.15) is 17.5 Å². The van der Waals surface area contributed by atoms with E-state index in [-0.39, 0.29) is 11.4 Å². The van der Waals surface area contributed by atoms with Crippen LogP contribution < -0.4 is 10.2 Å². The first-order valence-electron chi connectivity index (χ1n) is 11.7. The van der Waals surface area contributed by atoms with Crippen molar-refractivity contribution in [2.24, 2.45) is 0 Å². The maximum atomic E-state index is 13.9. The van der Waals surface area contributed by atoms with Gasteiger partial charge in [0.25, 0.3) is 0 Å². The molecule has 4 aromatic rings. The molecule has 33 heavy (non-hydrogen) atoms. The molecule has 0 unspecified atom stereocenters. The zero-order valence-electron chi connectivity index (χ0n) is 18.7. The number of fused-ring (bicyclic) bond motifs is 3. The maximum Gasteiger partial charge on any atom is 0.165 e. The zero-order chi connectivity index (χ0) is 22.4. The van der Waals surface area contributed by atoms with Gasteiger partial charge in [-0.2, -0.15) is 0 Å². The van der Waals surface area contributed by atoms with Crippen LogP contribution in [0.3, 0.4) is 0 Å². The van der Waals surface area contributed by atoms with Crippen molar-refractivity contribution < 1.29 is 4.39 Å². The Morgan fingerprint density at radius 3 is 2.79 bits per heavy atom. The van der Waals surface area contributed by atoms with E-state index in [4.69, 9.17) is 9.97 Å². The Bertz CT molecular complexity index is 1330. The second-order valence-electron chi connectivity index (χ2n) is 9.51. The number of aryl methyl sites for hydroxylation is 1. The Kier molecular flexibility index (Phi) is 4.78. The van der Waals surface area contributed by atoms with Gasteiger partial charge in [-0.05, 0) is 56.7 Å². The molecule has 1 aromatic carbocycles. The van der Waals surface area contributed by atoms with Crippen molar-refractivity contribution in [2.75, 3.05) is 23.3 Å². The van der Waals surface area contributed by atoms with Crippen LogP contribution >= 0.6 is 0 Å². The van der Waals surface area contributed by atoms with Crippen molar-refractivity contribution in [3.63, 3.8) is 0 Å². The summed E-state index contributed by atoms with van der Waals surface area (Å²) in [5.74, 6) is 1.78. The lowest BCUT2D eigenvalue weighted by Gasteiger charge is -2.35. The second-order valence-corrected chi connectivity index (χ2v) is 9.51. The summed E-state index contributed by atoms with van der Waals surface area (Å²) in [4.78, 5) is 19.5. The molecule has 4 heterocycles. The van der Waals surface area contributed by atoms with Gasteiger partial charge in [-0.15, -0.1) is 0 Å². The number of pyridine rings is 1. The average molecular weight is 443 g/mol. The van der Waals surface area contributed by atoms with Gasteiger partial charge in [0, 0.05) is 53.1 Å². The van der Waals surface area contributed by atoms with Crippen LogP contribution in [0.4, 0.5) is 16.0 Å². The van der Waals surface area contributed by atoms with Gasteiger partial charge < -0.3 is 15.2 Å². The molecule has 2 N–H and O–H groups in total. The summed E-state index contributed by atoms with van der Waals surface area (Å²) in [5.41, 5.74) is 4.36. The van der Waals surface area contributed by atoms with Crippen molar-refractivity contribution in [3.8, 4) is 11.4 Å². The minimum absolute atomic E-state index is 0.147. The summed E-state index contributed by atoms with van der Waals surface area (Å²) in [6.07, 6.45) is 8.03. The predicted octanol–water partition coefficient (Wildman–Crippen LogP) is 5.12. The molecular weight excluding hydrogens is 415 g/mol. The Morgan fingerprint density at radius 2 is 1.94 bits per heavy atom. The molecule has 168 valence electrons. The topological polar surface area (TPSA) is 69.7 Å². The largest absolute Gasteiger partial charge is 0.364 e. The summed E-state index contributed by atoms with van der Waals surface area (Å²) >= 11 is 0. The van der Waals surface area contributed by atoms with Crippen molar-refractivity contribution in [1.29, 1.82) is 0 Å². The normalized spacial score (nSPS) is 20.2. The number of halogens is 1. The van der Waals surface area contributed by atoms with Gasteiger partial charge in [0.15, 0.2) is 5.82 Å². The molecule has 1 fully saturated rings. The van der Waals surface area contributed by atoms with E-state index in [1.165, 1.54) is 34.4 Å². The standard InChI is InChI=1S/C26H27FN6/c1-26(9-8-22-20(14-26)19-6-2-3-7-21(19)29-22)32-23-13-24(33-10-4-5-11-33)31-25(30-23)17-12-18(27)16-28-15-17/h2-3,6-7,12-13,15-16,29H,4-5,8-11,14H2,1H3,(H,30,31,32)/t26-/m0/s1. The van der Waals surface area contributed by atoms with E-state index in [0.717, 1.165) is 56.8 Å². The number of para-hydroxylation sites is 1. The highest BCUT2D eigenvalue weighted by Gasteiger charge is 2.32. The van der Waals surface area contributed by atoms with Gasteiger partial charge in [-0.1, -0.05) is 18.2 Å². The van der Waals surface area contributed by atoms with Crippen LogP contribution in [0.25, 0.3) is 22.3 Å². The number of nitrogens with zero attached hydrogens (tertiary/aromatic N) is 4. The van der Waals surface area contributed by atoms with Crippen LogP contribution in [0, 0.1) is 5.82 Å². The van der Waals surface area contributed by atoms with Crippen LogP contribution in [0.1, 0.15) is 37.4 Å². The Balaban J connectivity index is 1.36. The molecule has 0 spiro atoms. The third kappa shape index (κ3) is 3.81. The first kappa shape index (κ1) is 20.1. The van der Waals surface area contributed by atoms with E-state index < -0.39 is 0 Å². The minimum atomic E-state index is -0.386. The molecule has 0 bridgehead atoms. The molecule has 3 aromatic heterocycles. The number of hydrogen-bond donors (Lipinski definition) is 2. The molecule has 0 saturated carbocycles. The van der Waals surface area contributed by atoms with E-state index in [9.17, 15) is 4.39 Å². The number of hydrogen-bond acceptors (Lipinski definition) is 5. The van der Waals surface area contributed by atoms with E-state index >= 15 is 0 Å². The van der Waals surface area contributed by atoms with E-state index in [1.807, 2.05) is 6.07 Å².